The molecule has 0 saturated carbocycles. The van der Waals surface area contributed by atoms with Crippen LogP contribution in [0, 0.1) is 13.8 Å². The number of nitrogens with zero attached hydrogens (tertiary/aromatic N) is 2. The Labute approximate surface area is 110 Å². The van der Waals surface area contributed by atoms with E-state index in [2.05, 4.69) is 9.97 Å². The Morgan fingerprint density at radius 2 is 1.76 bits per heavy atom. The molecule has 2 aromatic rings. The fraction of sp³-hybridized carbons (Fsp3) is 0.167. The van der Waals surface area contributed by atoms with Gasteiger partial charge in [-0.3, -0.25) is 0 Å². The SMILES string of the molecule is Cc1nc(N)c(C)c(-c2ccc(Cl)c(Cl)c2)n1. The largest absolute Gasteiger partial charge is 0.383 e. The van der Waals surface area contributed by atoms with Gasteiger partial charge in [-0.15, -0.1) is 0 Å². The number of nitrogen functional groups attached to an aromatic ring is 1. The molecule has 0 fully saturated rings. The lowest BCUT2D eigenvalue weighted by Crippen LogP contribution is -2.02. The van der Waals surface area contributed by atoms with Crippen LogP contribution < -0.4 is 5.73 Å². The summed E-state index contributed by atoms with van der Waals surface area (Å²) in [6, 6.07) is 5.38. The van der Waals surface area contributed by atoms with E-state index in [0.29, 0.717) is 21.7 Å². The van der Waals surface area contributed by atoms with Crippen LogP contribution in [0.15, 0.2) is 18.2 Å². The quantitative estimate of drug-likeness (QED) is 0.858. The van der Waals surface area contributed by atoms with Gasteiger partial charge < -0.3 is 5.73 Å². The Bertz CT molecular complexity index is 582. The average Bonchev–Trinajstić information content (AvgIpc) is 2.27. The summed E-state index contributed by atoms with van der Waals surface area (Å²) in [6.45, 7) is 3.68. The highest BCUT2D eigenvalue weighted by atomic mass is 35.5. The number of aryl methyl sites for hydroxylation is 1. The number of nitrogens with two attached hydrogens (primary N) is 1. The number of aromatic nitrogens is 2. The van der Waals surface area contributed by atoms with Crippen molar-refractivity contribution in [1.82, 2.24) is 9.97 Å². The minimum absolute atomic E-state index is 0.485. The van der Waals surface area contributed by atoms with Crippen LogP contribution in [-0.4, -0.2) is 9.97 Å². The van der Waals surface area contributed by atoms with Crippen LogP contribution in [0.1, 0.15) is 11.4 Å². The lowest BCUT2D eigenvalue weighted by Gasteiger charge is -2.09. The van der Waals surface area contributed by atoms with Crippen molar-refractivity contribution in [2.24, 2.45) is 0 Å². The Balaban J connectivity index is 2.64. The van der Waals surface area contributed by atoms with E-state index in [-0.39, 0.29) is 0 Å². The number of hydrogen-bond acceptors (Lipinski definition) is 3. The molecule has 0 bridgehead atoms. The van der Waals surface area contributed by atoms with E-state index in [9.17, 15) is 0 Å². The van der Waals surface area contributed by atoms with Crippen molar-refractivity contribution in [3.05, 3.63) is 39.6 Å². The molecule has 17 heavy (non-hydrogen) atoms. The topological polar surface area (TPSA) is 51.8 Å². The Morgan fingerprint density at radius 1 is 1.06 bits per heavy atom. The van der Waals surface area contributed by atoms with Crippen LogP contribution in [0.5, 0.6) is 0 Å². The Hall–Kier alpha value is -1.32. The van der Waals surface area contributed by atoms with Gasteiger partial charge in [0.15, 0.2) is 0 Å². The molecular weight excluding hydrogens is 257 g/mol. The summed E-state index contributed by atoms with van der Waals surface area (Å²) < 4.78 is 0. The molecule has 3 nitrogen and oxygen atoms in total. The van der Waals surface area contributed by atoms with Gasteiger partial charge in [0.05, 0.1) is 15.7 Å². The number of benzene rings is 1. The van der Waals surface area contributed by atoms with Crippen molar-refractivity contribution >= 4 is 29.0 Å². The smallest absolute Gasteiger partial charge is 0.130 e. The van der Waals surface area contributed by atoms with E-state index >= 15 is 0 Å². The molecule has 2 N–H and O–H groups in total. The van der Waals surface area contributed by atoms with Crippen LogP contribution >= 0.6 is 23.2 Å². The molecule has 88 valence electrons. The van der Waals surface area contributed by atoms with Gasteiger partial charge in [-0.25, -0.2) is 9.97 Å². The second-order valence-corrected chi connectivity index (χ2v) is 4.57. The molecule has 5 heteroatoms. The molecule has 0 amide bonds. The third kappa shape index (κ3) is 2.35. The summed E-state index contributed by atoms with van der Waals surface area (Å²) in [5, 5.41) is 1.02. The van der Waals surface area contributed by atoms with E-state index in [0.717, 1.165) is 16.8 Å². The molecule has 0 aliphatic rings. The highest BCUT2D eigenvalue weighted by Gasteiger charge is 2.10. The number of anilines is 1. The van der Waals surface area contributed by atoms with Crippen LogP contribution in [0.3, 0.4) is 0 Å². The number of hydrogen-bond donors (Lipinski definition) is 1. The Kier molecular flexibility index (Phi) is 3.22. The fourth-order valence-electron chi connectivity index (χ4n) is 1.57. The molecule has 0 saturated heterocycles. The van der Waals surface area contributed by atoms with Gasteiger partial charge in [-0.1, -0.05) is 29.3 Å². The van der Waals surface area contributed by atoms with Crippen molar-refractivity contribution in [3.8, 4) is 11.3 Å². The number of halogens is 2. The van der Waals surface area contributed by atoms with E-state index in [1.54, 1.807) is 19.1 Å². The van der Waals surface area contributed by atoms with Crippen LogP contribution in [0.25, 0.3) is 11.3 Å². The second-order valence-electron chi connectivity index (χ2n) is 3.76. The van der Waals surface area contributed by atoms with Gasteiger partial charge in [0.25, 0.3) is 0 Å². The maximum Gasteiger partial charge on any atom is 0.130 e. The molecule has 1 aromatic carbocycles. The molecule has 0 atom stereocenters. The third-order valence-electron chi connectivity index (χ3n) is 2.49. The summed E-state index contributed by atoms with van der Waals surface area (Å²) in [5.41, 5.74) is 8.33. The molecule has 0 spiro atoms. The van der Waals surface area contributed by atoms with Crippen molar-refractivity contribution < 1.29 is 0 Å². The second kappa shape index (κ2) is 4.51. The van der Waals surface area contributed by atoms with Gasteiger partial charge >= 0.3 is 0 Å². The normalized spacial score (nSPS) is 10.6. The van der Waals surface area contributed by atoms with E-state index in [1.165, 1.54) is 0 Å². The van der Waals surface area contributed by atoms with Gasteiger partial charge in [0, 0.05) is 11.1 Å². The molecule has 0 aliphatic carbocycles. The summed E-state index contributed by atoms with van der Waals surface area (Å²) in [6.07, 6.45) is 0. The van der Waals surface area contributed by atoms with Crippen molar-refractivity contribution in [2.45, 2.75) is 13.8 Å². The minimum Gasteiger partial charge on any atom is -0.383 e. The predicted molar refractivity (Wildman–Crippen MR) is 71.4 cm³/mol. The summed E-state index contributed by atoms with van der Waals surface area (Å²) in [5.74, 6) is 1.12. The maximum atomic E-state index is 5.99. The third-order valence-corrected chi connectivity index (χ3v) is 3.23. The minimum atomic E-state index is 0.485. The first kappa shape index (κ1) is 12.1. The molecule has 1 aromatic heterocycles. The summed E-state index contributed by atoms with van der Waals surface area (Å²) in [7, 11) is 0. The van der Waals surface area contributed by atoms with Gasteiger partial charge in [-0.05, 0) is 26.0 Å². The zero-order valence-corrected chi connectivity index (χ0v) is 11.0. The number of rotatable bonds is 1. The standard InChI is InChI=1S/C12H11Cl2N3/c1-6-11(16-7(2)17-12(6)15)8-3-4-9(13)10(14)5-8/h3-5H,1-2H3,(H2,15,16,17). The molecule has 0 radical (unpaired) electrons. The Morgan fingerprint density at radius 3 is 2.41 bits per heavy atom. The first-order valence-corrected chi connectivity index (χ1v) is 5.81. The van der Waals surface area contributed by atoms with Crippen molar-refractivity contribution in [2.75, 3.05) is 5.73 Å². The van der Waals surface area contributed by atoms with E-state index < -0.39 is 0 Å². The van der Waals surface area contributed by atoms with E-state index in [1.807, 2.05) is 13.0 Å². The van der Waals surface area contributed by atoms with Crippen LogP contribution in [-0.2, 0) is 0 Å². The average molecular weight is 268 g/mol. The lowest BCUT2D eigenvalue weighted by molar-refractivity contribution is 1.05. The van der Waals surface area contributed by atoms with E-state index in [4.69, 9.17) is 28.9 Å². The van der Waals surface area contributed by atoms with Gasteiger partial charge in [0.2, 0.25) is 0 Å². The fourth-order valence-corrected chi connectivity index (χ4v) is 1.87. The van der Waals surface area contributed by atoms with Gasteiger partial charge in [-0.2, -0.15) is 0 Å². The summed E-state index contributed by atoms with van der Waals surface area (Å²) in [4.78, 5) is 8.49. The highest BCUT2D eigenvalue weighted by molar-refractivity contribution is 6.42. The monoisotopic (exact) mass is 267 g/mol. The first-order valence-electron chi connectivity index (χ1n) is 5.05. The zero-order valence-electron chi connectivity index (χ0n) is 9.46. The van der Waals surface area contributed by atoms with Gasteiger partial charge in [0.1, 0.15) is 11.6 Å². The molecule has 1 heterocycles. The molecule has 0 unspecified atom stereocenters. The highest BCUT2D eigenvalue weighted by Crippen LogP contribution is 2.30. The molecule has 2 rings (SSSR count). The van der Waals surface area contributed by atoms with Crippen molar-refractivity contribution in [3.63, 3.8) is 0 Å². The first-order chi connectivity index (χ1) is 7.99. The zero-order chi connectivity index (χ0) is 12.6. The molecular formula is C12H11Cl2N3. The van der Waals surface area contributed by atoms with Crippen LogP contribution in [0.4, 0.5) is 5.82 Å². The molecule has 0 aliphatic heterocycles. The lowest BCUT2D eigenvalue weighted by atomic mass is 10.1. The predicted octanol–water partition coefficient (Wildman–Crippen LogP) is 3.65. The maximum absolute atomic E-state index is 5.99. The van der Waals surface area contributed by atoms with Crippen molar-refractivity contribution in [1.29, 1.82) is 0 Å². The summed E-state index contributed by atoms with van der Waals surface area (Å²) >= 11 is 11.9. The van der Waals surface area contributed by atoms with Crippen LogP contribution in [0.2, 0.25) is 10.0 Å².